The summed E-state index contributed by atoms with van der Waals surface area (Å²) in [6.07, 6.45) is 0.885. The van der Waals surface area contributed by atoms with Crippen molar-refractivity contribution in [2.45, 2.75) is 32.9 Å². The third-order valence-electron chi connectivity index (χ3n) is 5.35. The van der Waals surface area contributed by atoms with Crippen LogP contribution < -0.4 is 9.64 Å². The normalized spacial score (nSPS) is 14.9. The van der Waals surface area contributed by atoms with Crippen LogP contribution >= 0.6 is 0 Å². The number of rotatable bonds is 5. The van der Waals surface area contributed by atoms with Gasteiger partial charge >= 0.3 is 6.01 Å². The molecule has 6 nitrogen and oxygen atoms in total. The summed E-state index contributed by atoms with van der Waals surface area (Å²) in [4.78, 5) is 13.7. The molecule has 4 rings (SSSR count). The molecular formula is C23H28N4O2. The zero-order valence-corrected chi connectivity index (χ0v) is 17.5. The maximum absolute atomic E-state index is 10.2. The van der Waals surface area contributed by atoms with Crippen LogP contribution in [0, 0.1) is 6.92 Å². The standard InChI is InChI=1S/C23H28N4O2/c1-15(13-26(3)4)29-23-24-16(2)19-9-10-27(14-21(19)25-23)22-12-18(28)11-17-7-5-6-8-20(17)22/h5-8,11-12,15,28H,9-10,13-14H2,1-4H3/t15-/m1/s1. The molecule has 2 aromatic carbocycles. The fraction of sp³-hybridized carbons (Fsp3) is 0.391. The molecule has 0 radical (unpaired) electrons. The average Bonchev–Trinajstić information content (AvgIpc) is 2.66. The molecule has 3 aromatic rings. The van der Waals surface area contributed by atoms with Gasteiger partial charge in [0.25, 0.3) is 0 Å². The summed E-state index contributed by atoms with van der Waals surface area (Å²) in [6, 6.07) is 12.2. The minimum Gasteiger partial charge on any atom is -0.508 e. The first-order chi connectivity index (χ1) is 13.9. The van der Waals surface area contributed by atoms with E-state index >= 15 is 0 Å². The zero-order chi connectivity index (χ0) is 20.5. The van der Waals surface area contributed by atoms with Crippen LogP contribution in [0.3, 0.4) is 0 Å². The SMILES string of the molecule is Cc1nc(O[C@H](C)CN(C)C)nc2c1CCN(c1cc(O)cc3ccccc13)C2. The molecule has 0 unspecified atom stereocenters. The second-order valence-electron chi connectivity index (χ2n) is 8.07. The first-order valence-electron chi connectivity index (χ1n) is 10.0. The molecule has 1 atom stereocenters. The first kappa shape index (κ1) is 19.5. The maximum Gasteiger partial charge on any atom is 0.317 e. The van der Waals surface area contributed by atoms with Gasteiger partial charge in [-0.15, -0.1) is 0 Å². The van der Waals surface area contributed by atoms with Crippen LogP contribution in [-0.2, 0) is 13.0 Å². The summed E-state index contributed by atoms with van der Waals surface area (Å²) < 4.78 is 5.98. The van der Waals surface area contributed by atoms with Crippen LogP contribution in [0.1, 0.15) is 23.9 Å². The van der Waals surface area contributed by atoms with Crippen LogP contribution in [0.15, 0.2) is 36.4 Å². The Morgan fingerprint density at radius 2 is 2.00 bits per heavy atom. The second-order valence-corrected chi connectivity index (χ2v) is 8.07. The molecule has 29 heavy (non-hydrogen) atoms. The van der Waals surface area contributed by atoms with Crippen molar-refractivity contribution in [3.8, 4) is 11.8 Å². The van der Waals surface area contributed by atoms with Gasteiger partial charge in [0.05, 0.1) is 12.2 Å². The highest BCUT2D eigenvalue weighted by molar-refractivity contribution is 5.95. The molecule has 0 amide bonds. The van der Waals surface area contributed by atoms with E-state index in [0.29, 0.717) is 12.6 Å². The Balaban J connectivity index is 1.65. The lowest BCUT2D eigenvalue weighted by atomic mass is 10.0. The lowest BCUT2D eigenvalue weighted by molar-refractivity contribution is 0.162. The number of benzene rings is 2. The number of hydrogen-bond donors (Lipinski definition) is 1. The summed E-state index contributed by atoms with van der Waals surface area (Å²) in [5.74, 6) is 0.282. The van der Waals surface area contributed by atoms with Crippen molar-refractivity contribution in [3.63, 3.8) is 0 Å². The molecule has 0 saturated heterocycles. The molecule has 0 fully saturated rings. The number of ether oxygens (including phenoxy) is 1. The van der Waals surface area contributed by atoms with Crippen LogP contribution in [0.2, 0.25) is 0 Å². The Bertz CT molecular complexity index is 1030. The lowest BCUT2D eigenvalue weighted by Gasteiger charge is -2.32. The number of aryl methyl sites for hydroxylation is 1. The van der Waals surface area contributed by atoms with Crippen molar-refractivity contribution in [2.75, 3.05) is 32.1 Å². The highest BCUT2D eigenvalue weighted by Gasteiger charge is 2.23. The van der Waals surface area contributed by atoms with E-state index in [1.165, 1.54) is 5.56 Å². The van der Waals surface area contributed by atoms with Crippen molar-refractivity contribution >= 4 is 16.5 Å². The molecule has 1 aliphatic rings. The molecule has 0 saturated carbocycles. The summed E-state index contributed by atoms with van der Waals surface area (Å²) in [6.45, 7) is 6.40. The minimum atomic E-state index is 0.0113. The smallest absolute Gasteiger partial charge is 0.317 e. The third-order valence-corrected chi connectivity index (χ3v) is 5.35. The van der Waals surface area contributed by atoms with E-state index in [4.69, 9.17) is 9.72 Å². The van der Waals surface area contributed by atoms with Crippen LogP contribution in [0.5, 0.6) is 11.8 Å². The molecular weight excluding hydrogens is 364 g/mol. The van der Waals surface area contributed by atoms with Gasteiger partial charge in [0.1, 0.15) is 11.9 Å². The van der Waals surface area contributed by atoms with Crippen molar-refractivity contribution in [2.24, 2.45) is 0 Å². The Hall–Kier alpha value is -2.86. The van der Waals surface area contributed by atoms with Crippen LogP contribution in [-0.4, -0.2) is 53.3 Å². The van der Waals surface area contributed by atoms with Crippen LogP contribution in [0.4, 0.5) is 5.69 Å². The van der Waals surface area contributed by atoms with Gasteiger partial charge in [-0.3, -0.25) is 0 Å². The Morgan fingerprint density at radius 3 is 2.79 bits per heavy atom. The molecule has 2 heterocycles. The zero-order valence-electron chi connectivity index (χ0n) is 17.5. The average molecular weight is 393 g/mol. The van der Waals surface area contributed by atoms with Gasteiger partial charge < -0.3 is 19.6 Å². The number of fused-ring (bicyclic) bond motifs is 2. The van der Waals surface area contributed by atoms with E-state index in [9.17, 15) is 5.11 Å². The molecule has 1 aromatic heterocycles. The Labute approximate surface area is 171 Å². The molecule has 1 N–H and O–H groups in total. The van der Waals surface area contributed by atoms with E-state index < -0.39 is 0 Å². The quantitative estimate of drug-likeness (QED) is 0.717. The number of aromatic nitrogens is 2. The van der Waals surface area contributed by atoms with E-state index in [-0.39, 0.29) is 11.9 Å². The summed E-state index contributed by atoms with van der Waals surface area (Å²) in [7, 11) is 4.05. The van der Waals surface area contributed by atoms with Crippen LogP contribution in [0.25, 0.3) is 10.8 Å². The predicted molar refractivity (Wildman–Crippen MR) is 116 cm³/mol. The van der Waals surface area contributed by atoms with Gasteiger partial charge in [-0.2, -0.15) is 4.98 Å². The summed E-state index contributed by atoms with van der Waals surface area (Å²) in [5.41, 5.74) is 4.23. The maximum atomic E-state index is 10.2. The van der Waals surface area contributed by atoms with Gasteiger partial charge in [0.2, 0.25) is 0 Å². The second kappa shape index (κ2) is 7.87. The predicted octanol–water partition coefficient (Wildman–Crippen LogP) is 3.54. The fourth-order valence-electron chi connectivity index (χ4n) is 4.12. The number of likely N-dealkylation sites (N-methyl/N-ethyl adjacent to an activating group) is 1. The summed E-state index contributed by atoms with van der Waals surface area (Å²) in [5, 5.41) is 12.4. The van der Waals surface area contributed by atoms with Gasteiger partial charge in [-0.1, -0.05) is 24.3 Å². The van der Waals surface area contributed by atoms with Crippen molar-refractivity contribution in [1.29, 1.82) is 0 Å². The number of phenols is 1. The number of phenolic OH excluding ortho intramolecular Hbond substituents is 1. The number of nitrogens with zero attached hydrogens (tertiary/aromatic N) is 4. The van der Waals surface area contributed by atoms with E-state index in [1.807, 2.05) is 52.2 Å². The van der Waals surface area contributed by atoms with E-state index in [0.717, 1.165) is 47.4 Å². The van der Waals surface area contributed by atoms with E-state index in [1.54, 1.807) is 6.07 Å². The Kier molecular flexibility index (Phi) is 5.28. The van der Waals surface area contributed by atoms with Gasteiger partial charge in [-0.05, 0) is 51.4 Å². The fourth-order valence-corrected chi connectivity index (χ4v) is 4.12. The molecule has 0 bridgehead atoms. The molecule has 0 spiro atoms. The van der Waals surface area contributed by atoms with Crippen molar-refractivity contribution in [3.05, 3.63) is 53.3 Å². The topological polar surface area (TPSA) is 61.7 Å². The number of hydrogen-bond acceptors (Lipinski definition) is 6. The molecule has 0 aliphatic carbocycles. The first-order valence-corrected chi connectivity index (χ1v) is 10.0. The van der Waals surface area contributed by atoms with Crippen molar-refractivity contribution < 1.29 is 9.84 Å². The number of anilines is 1. The third kappa shape index (κ3) is 4.12. The molecule has 152 valence electrons. The monoisotopic (exact) mass is 392 g/mol. The molecule has 6 heteroatoms. The number of aromatic hydroxyl groups is 1. The van der Waals surface area contributed by atoms with Gasteiger partial charge in [0.15, 0.2) is 0 Å². The van der Waals surface area contributed by atoms with E-state index in [2.05, 4.69) is 20.9 Å². The Morgan fingerprint density at radius 1 is 1.21 bits per heavy atom. The van der Waals surface area contributed by atoms with Crippen molar-refractivity contribution in [1.82, 2.24) is 14.9 Å². The van der Waals surface area contributed by atoms with Gasteiger partial charge in [-0.25, -0.2) is 4.98 Å². The lowest BCUT2D eigenvalue weighted by Crippen LogP contribution is -2.33. The molecule has 1 aliphatic heterocycles. The minimum absolute atomic E-state index is 0.0113. The largest absolute Gasteiger partial charge is 0.508 e. The summed E-state index contributed by atoms with van der Waals surface area (Å²) >= 11 is 0. The van der Waals surface area contributed by atoms with Gasteiger partial charge in [0, 0.05) is 35.9 Å². The highest BCUT2D eigenvalue weighted by Crippen LogP contribution is 2.34. The highest BCUT2D eigenvalue weighted by atomic mass is 16.5.